The topological polar surface area (TPSA) is 97.0 Å². The molecule has 0 bridgehead atoms. The summed E-state index contributed by atoms with van der Waals surface area (Å²) in [6, 6.07) is -0.422. The third-order valence-electron chi connectivity index (χ3n) is 1.90. The van der Waals surface area contributed by atoms with Gasteiger partial charge < -0.3 is 4.74 Å². The van der Waals surface area contributed by atoms with Gasteiger partial charge in [-0.2, -0.15) is 5.10 Å². The van der Waals surface area contributed by atoms with Gasteiger partial charge >= 0.3 is 0 Å². The Bertz CT molecular complexity index is 389. The molecule has 1 atom stereocenters. The highest BCUT2D eigenvalue weighted by Crippen LogP contribution is 2.05. The van der Waals surface area contributed by atoms with Gasteiger partial charge in [0.2, 0.25) is 10.0 Å². The first-order valence-corrected chi connectivity index (χ1v) is 6.63. The zero-order valence-corrected chi connectivity index (χ0v) is 10.1. The molecule has 0 aliphatic rings. The van der Waals surface area contributed by atoms with Crippen LogP contribution in [0, 0.1) is 0 Å². The molecule has 2 N–H and O–H groups in total. The van der Waals surface area contributed by atoms with Gasteiger partial charge in [-0.3, -0.25) is 5.10 Å². The molecule has 1 unspecified atom stereocenters. The van der Waals surface area contributed by atoms with E-state index in [1.807, 2.05) is 6.92 Å². The molecule has 92 valence electrons. The minimum atomic E-state index is -3.34. The van der Waals surface area contributed by atoms with Crippen LogP contribution in [0.15, 0.2) is 6.33 Å². The van der Waals surface area contributed by atoms with Gasteiger partial charge in [0.15, 0.2) is 0 Å². The average molecular weight is 248 g/mol. The van der Waals surface area contributed by atoms with E-state index in [-0.39, 0.29) is 12.4 Å². The van der Waals surface area contributed by atoms with E-state index < -0.39 is 16.1 Å². The molecule has 0 aliphatic heterocycles. The predicted octanol–water partition coefficient (Wildman–Crippen LogP) is -0.178. The molecule has 0 aromatic carbocycles. The van der Waals surface area contributed by atoms with Gasteiger partial charge in [-0.05, 0) is 13.8 Å². The van der Waals surface area contributed by atoms with Crippen molar-refractivity contribution in [3.05, 3.63) is 12.2 Å². The van der Waals surface area contributed by atoms with Crippen LogP contribution in [0.5, 0.6) is 0 Å². The normalized spacial score (nSPS) is 13.9. The number of hydrogen-bond donors (Lipinski definition) is 2. The number of nitrogens with zero attached hydrogens (tertiary/aromatic N) is 2. The van der Waals surface area contributed by atoms with Gasteiger partial charge in [0.05, 0.1) is 18.4 Å². The van der Waals surface area contributed by atoms with Crippen LogP contribution >= 0.6 is 0 Å². The van der Waals surface area contributed by atoms with Crippen molar-refractivity contribution in [2.24, 2.45) is 0 Å². The monoisotopic (exact) mass is 248 g/mol. The summed E-state index contributed by atoms with van der Waals surface area (Å²) in [4.78, 5) is 3.87. The van der Waals surface area contributed by atoms with Gasteiger partial charge in [0.1, 0.15) is 12.2 Å². The molecule has 0 saturated carbocycles. The van der Waals surface area contributed by atoms with Crippen molar-refractivity contribution < 1.29 is 13.2 Å². The van der Waals surface area contributed by atoms with E-state index in [4.69, 9.17) is 4.74 Å². The molecule has 1 aromatic heterocycles. The Hall–Kier alpha value is -0.990. The number of aromatic nitrogens is 3. The summed E-state index contributed by atoms with van der Waals surface area (Å²) in [5, 5.41) is 6.26. The van der Waals surface area contributed by atoms with Crippen molar-refractivity contribution in [3.8, 4) is 0 Å². The van der Waals surface area contributed by atoms with Crippen molar-refractivity contribution in [2.75, 3.05) is 19.0 Å². The smallest absolute Gasteiger partial charge is 0.214 e. The maximum absolute atomic E-state index is 11.6. The maximum atomic E-state index is 11.6. The summed E-state index contributed by atoms with van der Waals surface area (Å²) in [6.45, 7) is 4.21. The Morgan fingerprint density at radius 2 is 2.38 bits per heavy atom. The number of rotatable bonds is 7. The Labute approximate surface area is 94.7 Å². The molecule has 1 aromatic rings. The largest absolute Gasteiger partial charge is 0.381 e. The molecule has 0 radical (unpaired) electrons. The summed E-state index contributed by atoms with van der Waals surface area (Å²) in [7, 11) is -3.34. The summed E-state index contributed by atoms with van der Waals surface area (Å²) in [5.41, 5.74) is 0. The van der Waals surface area contributed by atoms with Crippen LogP contribution in [0.4, 0.5) is 0 Å². The van der Waals surface area contributed by atoms with E-state index in [0.29, 0.717) is 12.4 Å². The van der Waals surface area contributed by atoms with E-state index >= 15 is 0 Å². The molecule has 0 fully saturated rings. The minimum absolute atomic E-state index is 0.0562. The van der Waals surface area contributed by atoms with E-state index in [2.05, 4.69) is 19.9 Å². The molecule has 1 rings (SSSR count). The molecular formula is C8H16N4O3S. The molecule has 0 saturated heterocycles. The van der Waals surface area contributed by atoms with E-state index in [1.54, 1.807) is 6.92 Å². The highest BCUT2D eigenvalue weighted by atomic mass is 32.2. The van der Waals surface area contributed by atoms with Crippen LogP contribution in [0.3, 0.4) is 0 Å². The first-order valence-electron chi connectivity index (χ1n) is 4.98. The van der Waals surface area contributed by atoms with Crippen molar-refractivity contribution in [2.45, 2.75) is 19.9 Å². The lowest BCUT2D eigenvalue weighted by molar-refractivity contribution is 0.163. The molecular weight excluding hydrogens is 232 g/mol. The van der Waals surface area contributed by atoms with Crippen molar-refractivity contribution in [1.29, 1.82) is 0 Å². The van der Waals surface area contributed by atoms with Crippen molar-refractivity contribution >= 4 is 10.0 Å². The fourth-order valence-electron chi connectivity index (χ4n) is 1.12. The standard InChI is InChI=1S/C8H16N4O3S/c1-3-15-4-5-16(13,14)12-7(2)8-9-6-10-11-8/h6-7,12H,3-5H2,1-2H3,(H,9,10,11). The zero-order chi connectivity index (χ0) is 12.0. The van der Waals surface area contributed by atoms with Crippen molar-refractivity contribution in [3.63, 3.8) is 0 Å². The second-order valence-corrected chi connectivity index (χ2v) is 5.10. The second-order valence-electron chi connectivity index (χ2n) is 3.23. The van der Waals surface area contributed by atoms with Crippen LogP contribution < -0.4 is 4.72 Å². The van der Waals surface area contributed by atoms with Gasteiger partial charge in [-0.15, -0.1) is 0 Å². The average Bonchev–Trinajstić information content (AvgIpc) is 2.69. The molecule has 7 nitrogen and oxygen atoms in total. The number of H-pyrrole nitrogens is 1. The highest BCUT2D eigenvalue weighted by Gasteiger charge is 2.17. The number of nitrogens with one attached hydrogen (secondary N) is 2. The Morgan fingerprint density at radius 1 is 1.62 bits per heavy atom. The van der Waals surface area contributed by atoms with Crippen LogP contribution in [0.1, 0.15) is 25.7 Å². The van der Waals surface area contributed by atoms with Crippen LogP contribution in [0.25, 0.3) is 0 Å². The van der Waals surface area contributed by atoms with E-state index in [1.165, 1.54) is 6.33 Å². The SMILES string of the molecule is CCOCCS(=O)(=O)NC(C)c1ncn[nH]1. The molecule has 0 spiro atoms. The minimum Gasteiger partial charge on any atom is -0.381 e. The van der Waals surface area contributed by atoms with E-state index in [0.717, 1.165) is 0 Å². The highest BCUT2D eigenvalue weighted by molar-refractivity contribution is 7.89. The van der Waals surface area contributed by atoms with Gasteiger partial charge in [-0.1, -0.05) is 0 Å². The number of hydrogen-bond acceptors (Lipinski definition) is 5. The van der Waals surface area contributed by atoms with Crippen molar-refractivity contribution in [1.82, 2.24) is 19.9 Å². The lowest BCUT2D eigenvalue weighted by atomic mass is 10.3. The fourth-order valence-corrected chi connectivity index (χ4v) is 2.23. The van der Waals surface area contributed by atoms with Gasteiger partial charge in [0.25, 0.3) is 0 Å². The van der Waals surface area contributed by atoms with Crippen LogP contribution in [-0.4, -0.2) is 42.6 Å². The zero-order valence-electron chi connectivity index (χ0n) is 9.30. The fraction of sp³-hybridized carbons (Fsp3) is 0.750. The van der Waals surface area contributed by atoms with Gasteiger partial charge in [-0.25, -0.2) is 18.1 Å². The van der Waals surface area contributed by atoms with Gasteiger partial charge in [0, 0.05) is 6.61 Å². The maximum Gasteiger partial charge on any atom is 0.214 e. The molecule has 0 amide bonds. The first kappa shape index (κ1) is 13.1. The lowest BCUT2D eigenvalue weighted by Gasteiger charge is -2.11. The summed E-state index contributed by atoms with van der Waals surface area (Å²) in [6.07, 6.45) is 1.33. The Balaban J connectivity index is 2.46. The molecule has 16 heavy (non-hydrogen) atoms. The third-order valence-corrected chi connectivity index (χ3v) is 3.32. The predicted molar refractivity (Wildman–Crippen MR) is 58.2 cm³/mol. The molecule has 0 aliphatic carbocycles. The molecule has 1 heterocycles. The van der Waals surface area contributed by atoms with E-state index in [9.17, 15) is 8.42 Å². The number of ether oxygens (including phenoxy) is 1. The third kappa shape index (κ3) is 4.25. The summed E-state index contributed by atoms with van der Waals surface area (Å²) in [5.74, 6) is 0.430. The van der Waals surface area contributed by atoms with Crippen LogP contribution in [-0.2, 0) is 14.8 Å². The van der Waals surface area contributed by atoms with Crippen LogP contribution in [0.2, 0.25) is 0 Å². The lowest BCUT2D eigenvalue weighted by Crippen LogP contribution is -2.31. The Morgan fingerprint density at radius 3 is 2.94 bits per heavy atom. The molecule has 8 heteroatoms. The number of sulfonamides is 1. The summed E-state index contributed by atoms with van der Waals surface area (Å²) < 4.78 is 30.6. The quantitative estimate of drug-likeness (QED) is 0.652. The first-order chi connectivity index (χ1) is 7.55. The number of aromatic amines is 1. The Kier molecular flexibility index (Phi) is 4.84. The second kappa shape index (κ2) is 5.92. The summed E-state index contributed by atoms with van der Waals surface area (Å²) >= 11 is 0.